The van der Waals surface area contributed by atoms with E-state index < -0.39 is 39.9 Å². The number of alkyl halides is 9. The average Bonchev–Trinajstić information content (AvgIpc) is 2.52. The van der Waals surface area contributed by atoms with Crippen molar-refractivity contribution in [3.05, 3.63) is 34.7 Å². The van der Waals surface area contributed by atoms with Crippen molar-refractivity contribution in [2.75, 3.05) is 6.54 Å². The lowest BCUT2D eigenvalue weighted by Crippen LogP contribution is -2.63. The minimum atomic E-state index is -7.34. The van der Waals surface area contributed by atoms with Crippen molar-refractivity contribution in [1.29, 1.82) is 0 Å². The van der Waals surface area contributed by atoms with E-state index in [0.717, 1.165) is 6.20 Å². The Bertz CT molecular complexity index is 941. The van der Waals surface area contributed by atoms with Crippen LogP contribution in [-0.4, -0.2) is 43.3 Å². The summed E-state index contributed by atoms with van der Waals surface area (Å²) in [5.41, 5.74) is 0. The lowest BCUT2D eigenvalue weighted by Gasteiger charge is -2.33. The molecule has 0 radical (unpaired) electrons. The van der Waals surface area contributed by atoms with E-state index in [-0.39, 0.29) is 10.3 Å². The van der Waals surface area contributed by atoms with E-state index in [1.807, 2.05) is 0 Å². The molecule has 0 bridgehead atoms. The Balaban J connectivity index is 2.39. The molecule has 1 aromatic rings. The lowest BCUT2D eigenvalue weighted by atomic mass is 10.1. The Labute approximate surface area is 145 Å². The van der Waals surface area contributed by atoms with Crippen molar-refractivity contribution in [2.24, 2.45) is 0 Å². The second-order valence-electron chi connectivity index (χ2n) is 5.25. The molecule has 0 amide bonds. The summed E-state index contributed by atoms with van der Waals surface area (Å²) in [4.78, 5) is 0. The molecule has 0 aliphatic carbocycles. The largest absolute Gasteiger partial charge is 0.460 e. The van der Waals surface area contributed by atoms with Crippen LogP contribution in [0.2, 0.25) is 0 Å². The van der Waals surface area contributed by atoms with E-state index >= 15 is 0 Å². The summed E-state index contributed by atoms with van der Waals surface area (Å²) in [6.45, 7) is -0.590. The Morgan fingerprint density at radius 3 is 1.89 bits per heavy atom. The van der Waals surface area contributed by atoms with E-state index in [4.69, 9.17) is 0 Å². The number of hydrogen-bond acceptors (Lipinski definition) is 4. The summed E-state index contributed by atoms with van der Waals surface area (Å²) < 4.78 is 142. The van der Waals surface area contributed by atoms with E-state index in [0.29, 0.717) is 5.22 Å². The minimum absolute atomic E-state index is 0.0768. The molecule has 0 saturated carbocycles. The van der Waals surface area contributed by atoms with Gasteiger partial charge in [0.15, 0.2) is 0 Å². The van der Waals surface area contributed by atoms with E-state index in [9.17, 15) is 47.9 Å². The molecule has 0 saturated heterocycles. The highest BCUT2D eigenvalue weighted by Crippen LogP contribution is 2.55. The van der Waals surface area contributed by atoms with Gasteiger partial charge in [-0.2, -0.15) is 47.9 Å². The van der Waals surface area contributed by atoms with Crippen molar-refractivity contribution in [2.45, 2.75) is 23.3 Å². The van der Waals surface area contributed by atoms with Crippen LogP contribution in [0.15, 0.2) is 24.3 Å². The number of hydroxylamine groups is 2. The first kappa shape index (κ1) is 21.3. The maximum atomic E-state index is 13.6. The zero-order valence-electron chi connectivity index (χ0n) is 12.7. The maximum absolute atomic E-state index is 13.6. The first-order valence-electron chi connectivity index (χ1n) is 6.72. The van der Waals surface area contributed by atoms with Crippen LogP contribution in [0.1, 0.15) is 0 Å². The minimum Gasteiger partial charge on any atom is -0.239 e. The second-order valence-corrected chi connectivity index (χ2v) is 6.82. The molecule has 0 fully saturated rings. The topological polar surface area (TPSA) is 46.6 Å². The zero-order valence-corrected chi connectivity index (χ0v) is 13.5. The summed E-state index contributed by atoms with van der Waals surface area (Å²) >= 11 is 0. The van der Waals surface area contributed by atoms with Gasteiger partial charge in [0, 0.05) is 6.20 Å². The van der Waals surface area contributed by atoms with Gasteiger partial charge in [0.05, 0.1) is 6.54 Å². The molecule has 152 valence electrons. The number of rotatable bonds is 5. The molecule has 0 unspecified atom stereocenters. The van der Waals surface area contributed by atoms with Gasteiger partial charge < -0.3 is 0 Å². The molecule has 4 nitrogen and oxygen atoms in total. The number of hydrogen-bond donors (Lipinski definition) is 0. The van der Waals surface area contributed by atoms with Gasteiger partial charge in [-0.1, -0.05) is 30.3 Å². The van der Waals surface area contributed by atoms with Gasteiger partial charge in [-0.05, 0) is 10.4 Å². The van der Waals surface area contributed by atoms with Crippen LogP contribution in [0.4, 0.5) is 39.5 Å². The molecular formula is C13H8F9NO3S. The normalized spacial score (nSPS) is 16.4. The van der Waals surface area contributed by atoms with Gasteiger partial charge in [0.2, 0.25) is 0 Å². The molecule has 14 heteroatoms. The number of benzene rings is 1. The standard InChI is InChI=1S/C13H8F9NO3S/c14-10(15,12(18,19)20)11(16,17)13(21,22)27(24,25)26-23-6-5-8-3-1-2-4-9(8)7-23/h1-5,7H,6H2. The zero-order chi connectivity index (χ0) is 20.9. The fourth-order valence-electron chi connectivity index (χ4n) is 1.95. The first-order valence-corrected chi connectivity index (χ1v) is 8.13. The van der Waals surface area contributed by atoms with Crippen molar-refractivity contribution in [1.82, 2.24) is 5.06 Å². The third-order valence-electron chi connectivity index (χ3n) is 3.39. The van der Waals surface area contributed by atoms with Crippen LogP contribution in [0.3, 0.4) is 0 Å². The molecule has 27 heavy (non-hydrogen) atoms. The van der Waals surface area contributed by atoms with Crippen LogP contribution in [0, 0.1) is 0 Å². The van der Waals surface area contributed by atoms with Gasteiger partial charge in [-0.25, -0.2) is 5.06 Å². The van der Waals surface area contributed by atoms with Crippen LogP contribution >= 0.6 is 0 Å². The Hall–Kier alpha value is -1.96. The molecule has 1 aliphatic rings. The Morgan fingerprint density at radius 1 is 0.852 bits per heavy atom. The van der Waals surface area contributed by atoms with Gasteiger partial charge in [0.25, 0.3) is 0 Å². The summed E-state index contributed by atoms with van der Waals surface area (Å²) in [6.07, 6.45) is -5.16. The third kappa shape index (κ3) is 3.35. The van der Waals surface area contributed by atoms with Crippen molar-refractivity contribution < 1.29 is 52.2 Å². The quantitative estimate of drug-likeness (QED) is 0.674. The van der Waals surface area contributed by atoms with Crippen molar-refractivity contribution >= 4 is 22.4 Å². The summed E-state index contributed by atoms with van der Waals surface area (Å²) in [5, 5.41) is -6.15. The smallest absolute Gasteiger partial charge is 0.239 e. The Morgan fingerprint density at radius 2 is 1.37 bits per heavy atom. The van der Waals surface area contributed by atoms with Crippen LogP contribution in [0.25, 0.3) is 12.3 Å². The highest BCUT2D eigenvalue weighted by molar-refractivity contribution is 7.87. The van der Waals surface area contributed by atoms with Crippen LogP contribution in [-0.2, 0) is 14.4 Å². The number of fused-ring (bicyclic) bond motifs is 1. The SMILES string of the molecule is O=S(=O)(ON1C=c2ccccc2=CC1)C(F)(F)C(F)(F)C(F)(F)C(F)(F)F. The number of nitrogens with zero attached hydrogens (tertiary/aromatic N) is 1. The summed E-state index contributed by atoms with van der Waals surface area (Å²) in [7, 11) is -6.95. The lowest BCUT2D eigenvalue weighted by molar-refractivity contribution is -0.383. The fraction of sp³-hybridized carbons (Fsp3) is 0.385. The van der Waals surface area contributed by atoms with E-state index in [1.165, 1.54) is 24.3 Å². The van der Waals surface area contributed by atoms with Crippen LogP contribution in [0.5, 0.6) is 0 Å². The van der Waals surface area contributed by atoms with Gasteiger partial charge in [0.1, 0.15) is 0 Å². The second kappa shape index (κ2) is 6.29. The van der Waals surface area contributed by atoms with Gasteiger partial charge in [-0.15, -0.1) is 4.28 Å². The maximum Gasteiger partial charge on any atom is 0.460 e. The number of halogens is 9. The Kier molecular flexibility index (Phi) is 4.97. The van der Waals surface area contributed by atoms with E-state index in [1.54, 1.807) is 6.07 Å². The molecule has 1 aliphatic heterocycles. The monoisotopic (exact) mass is 429 g/mol. The van der Waals surface area contributed by atoms with Crippen LogP contribution < -0.4 is 10.4 Å². The predicted octanol–water partition coefficient (Wildman–Crippen LogP) is 2.21. The molecule has 1 heterocycles. The molecule has 0 atom stereocenters. The molecule has 0 N–H and O–H groups in total. The summed E-state index contributed by atoms with van der Waals surface area (Å²) in [6, 6.07) is 5.86. The van der Waals surface area contributed by atoms with Gasteiger partial charge in [-0.3, -0.25) is 0 Å². The highest BCUT2D eigenvalue weighted by Gasteiger charge is 2.86. The molecule has 2 rings (SSSR count). The van der Waals surface area contributed by atoms with Crippen molar-refractivity contribution in [3.63, 3.8) is 0 Å². The fourth-order valence-corrected chi connectivity index (χ4v) is 2.84. The first-order chi connectivity index (χ1) is 12.0. The van der Waals surface area contributed by atoms with Gasteiger partial charge >= 0.3 is 33.4 Å². The predicted molar refractivity (Wildman–Crippen MR) is 72.2 cm³/mol. The molecule has 1 aromatic carbocycles. The average molecular weight is 429 g/mol. The molecule has 0 aromatic heterocycles. The van der Waals surface area contributed by atoms with E-state index in [2.05, 4.69) is 4.28 Å². The summed E-state index contributed by atoms with van der Waals surface area (Å²) in [5.74, 6) is -14.7. The highest BCUT2D eigenvalue weighted by atomic mass is 32.2. The molecular weight excluding hydrogens is 421 g/mol. The molecule has 0 spiro atoms. The van der Waals surface area contributed by atoms with Crippen molar-refractivity contribution in [3.8, 4) is 0 Å². The third-order valence-corrected chi connectivity index (χ3v) is 4.67.